The predicted molar refractivity (Wildman–Crippen MR) is 90.7 cm³/mol. The normalized spacial score (nSPS) is 14.2. The largest absolute Gasteiger partial charge is 0.495 e. The van der Waals surface area contributed by atoms with Crippen LogP contribution in [-0.2, 0) is 4.79 Å². The molecule has 0 spiro atoms. The van der Waals surface area contributed by atoms with E-state index in [0.29, 0.717) is 17.3 Å². The zero-order chi connectivity index (χ0) is 15.8. The summed E-state index contributed by atoms with van der Waals surface area (Å²) in [5, 5.41) is 6.52. The zero-order valence-corrected chi connectivity index (χ0v) is 13.7. The molecular formula is C17H23ClN2O2. The van der Waals surface area contributed by atoms with Gasteiger partial charge < -0.3 is 15.4 Å². The van der Waals surface area contributed by atoms with Crippen molar-refractivity contribution in [3.63, 3.8) is 0 Å². The molecule has 2 rings (SSSR count). The van der Waals surface area contributed by atoms with Gasteiger partial charge in [-0.15, -0.1) is 0 Å². The lowest BCUT2D eigenvalue weighted by molar-refractivity contribution is -0.119. The summed E-state index contributed by atoms with van der Waals surface area (Å²) in [5.74, 6) is 0.612. The van der Waals surface area contributed by atoms with Gasteiger partial charge in [0.1, 0.15) is 5.75 Å². The van der Waals surface area contributed by atoms with Crippen LogP contribution >= 0.6 is 11.6 Å². The highest BCUT2D eigenvalue weighted by Crippen LogP contribution is 2.27. The number of benzene rings is 1. The van der Waals surface area contributed by atoms with Crippen molar-refractivity contribution in [2.24, 2.45) is 0 Å². The van der Waals surface area contributed by atoms with Crippen LogP contribution in [0.15, 0.2) is 29.8 Å². The van der Waals surface area contributed by atoms with Crippen LogP contribution in [0.3, 0.4) is 0 Å². The van der Waals surface area contributed by atoms with Crippen molar-refractivity contribution in [2.75, 3.05) is 25.5 Å². The summed E-state index contributed by atoms with van der Waals surface area (Å²) in [5.41, 5.74) is 2.28. The summed E-state index contributed by atoms with van der Waals surface area (Å²) in [4.78, 5) is 11.8. The summed E-state index contributed by atoms with van der Waals surface area (Å²) < 4.78 is 5.09. The molecule has 0 fully saturated rings. The van der Waals surface area contributed by atoms with E-state index in [1.165, 1.54) is 31.3 Å². The van der Waals surface area contributed by atoms with Gasteiger partial charge in [0.05, 0.1) is 18.7 Å². The molecular weight excluding hydrogens is 300 g/mol. The van der Waals surface area contributed by atoms with E-state index in [0.717, 1.165) is 12.1 Å². The molecule has 2 N–H and O–H groups in total. The van der Waals surface area contributed by atoms with Crippen LogP contribution in [-0.4, -0.2) is 26.1 Å². The highest BCUT2D eigenvalue weighted by Gasteiger charge is 2.06. The van der Waals surface area contributed by atoms with Crippen molar-refractivity contribution < 1.29 is 9.53 Å². The lowest BCUT2D eigenvalue weighted by atomic mass is 9.97. The summed E-state index contributed by atoms with van der Waals surface area (Å²) in [6, 6.07) is 5.36. The van der Waals surface area contributed by atoms with Gasteiger partial charge in [0.15, 0.2) is 0 Å². The van der Waals surface area contributed by atoms with Crippen molar-refractivity contribution >= 4 is 23.2 Å². The van der Waals surface area contributed by atoms with Gasteiger partial charge in [0.25, 0.3) is 0 Å². The molecule has 0 saturated heterocycles. The molecule has 0 aromatic heterocycles. The lowest BCUT2D eigenvalue weighted by Crippen LogP contribution is -2.30. The first kappa shape index (κ1) is 16.7. The van der Waals surface area contributed by atoms with Crippen LogP contribution in [0.1, 0.15) is 32.1 Å². The van der Waals surface area contributed by atoms with Crippen molar-refractivity contribution in [1.29, 1.82) is 0 Å². The summed E-state index contributed by atoms with van der Waals surface area (Å²) >= 11 is 6.04. The first-order chi connectivity index (χ1) is 10.7. The Labute approximate surface area is 136 Å². The molecule has 0 aliphatic heterocycles. The van der Waals surface area contributed by atoms with E-state index in [1.807, 2.05) is 6.07 Å². The first-order valence-electron chi connectivity index (χ1n) is 7.71. The molecule has 0 unspecified atom stereocenters. The van der Waals surface area contributed by atoms with E-state index in [-0.39, 0.29) is 12.5 Å². The number of rotatable bonds is 7. The number of carbonyl (C=O) groups excluding carboxylic acids is 1. The van der Waals surface area contributed by atoms with Crippen LogP contribution in [0.5, 0.6) is 5.75 Å². The van der Waals surface area contributed by atoms with Crippen LogP contribution < -0.4 is 15.4 Å². The van der Waals surface area contributed by atoms with E-state index in [4.69, 9.17) is 16.3 Å². The molecule has 0 radical (unpaired) electrons. The van der Waals surface area contributed by atoms with Gasteiger partial charge in [-0.25, -0.2) is 0 Å². The monoisotopic (exact) mass is 322 g/mol. The minimum absolute atomic E-state index is 0.0108. The highest BCUT2D eigenvalue weighted by atomic mass is 35.5. The Morgan fingerprint density at radius 3 is 2.91 bits per heavy atom. The molecule has 0 saturated carbocycles. The average molecular weight is 323 g/mol. The standard InChI is InChI=1S/C17H23ClN2O2/c1-22-16-8-7-14(11-15(16)18)20-12-17(21)19-10-9-13-5-3-2-4-6-13/h5,7-8,11,20H,2-4,6,9-10,12H2,1H3,(H,19,21). The minimum Gasteiger partial charge on any atom is -0.495 e. The second kappa shape index (κ2) is 8.69. The number of nitrogens with one attached hydrogen (secondary N) is 2. The minimum atomic E-state index is -0.0108. The maximum absolute atomic E-state index is 11.8. The van der Waals surface area contributed by atoms with Gasteiger partial charge in [-0.2, -0.15) is 0 Å². The summed E-state index contributed by atoms with van der Waals surface area (Å²) in [7, 11) is 1.57. The van der Waals surface area contributed by atoms with Gasteiger partial charge in [0, 0.05) is 12.2 Å². The lowest BCUT2D eigenvalue weighted by Gasteiger charge is -2.13. The quantitative estimate of drug-likeness (QED) is 0.751. The van der Waals surface area contributed by atoms with E-state index in [9.17, 15) is 4.79 Å². The molecule has 120 valence electrons. The van der Waals surface area contributed by atoms with Crippen LogP contribution in [0, 0.1) is 0 Å². The van der Waals surface area contributed by atoms with Gasteiger partial charge in [-0.3, -0.25) is 4.79 Å². The Hall–Kier alpha value is -1.68. The van der Waals surface area contributed by atoms with E-state index in [2.05, 4.69) is 16.7 Å². The van der Waals surface area contributed by atoms with Crippen LogP contribution in [0.2, 0.25) is 5.02 Å². The fraction of sp³-hybridized carbons (Fsp3) is 0.471. The van der Waals surface area contributed by atoms with Crippen molar-refractivity contribution in [3.05, 3.63) is 34.9 Å². The Kier molecular flexibility index (Phi) is 6.59. The molecule has 4 nitrogen and oxygen atoms in total. The highest BCUT2D eigenvalue weighted by molar-refractivity contribution is 6.32. The number of anilines is 1. The van der Waals surface area contributed by atoms with E-state index in [1.54, 1.807) is 19.2 Å². The first-order valence-corrected chi connectivity index (χ1v) is 8.09. The van der Waals surface area contributed by atoms with Crippen molar-refractivity contribution in [2.45, 2.75) is 32.1 Å². The van der Waals surface area contributed by atoms with Crippen molar-refractivity contribution in [1.82, 2.24) is 5.32 Å². The number of methoxy groups -OCH3 is 1. The number of allylic oxidation sites excluding steroid dienone is 1. The number of ether oxygens (including phenoxy) is 1. The Morgan fingerprint density at radius 1 is 1.36 bits per heavy atom. The second-order valence-corrected chi connectivity index (χ2v) is 5.82. The third-order valence-corrected chi connectivity index (χ3v) is 4.05. The maximum atomic E-state index is 11.8. The summed E-state index contributed by atoms with van der Waals surface area (Å²) in [6.45, 7) is 0.942. The molecule has 1 aromatic rings. The molecule has 1 aliphatic rings. The molecule has 1 amide bonds. The van der Waals surface area contributed by atoms with Crippen LogP contribution in [0.4, 0.5) is 5.69 Å². The smallest absolute Gasteiger partial charge is 0.239 e. The Balaban J connectivity index is 1.69. The molecule has 1 aromatic carbocycles. The number of hydrogen-bond donors (Lipinski definition) is 2. The van der Waals surface area contributed by atoms with Gasteiger partial charge >= 0.3 is 0 Å². The molecule has 0 bridgehead atoms. The van der Waals surface area contributed by atoms with E-state index < -0.39 is 0 Å². The fourth-order valence-corrected chi connectivity index (χ4v) is 2.77. The topological polar surface area (TPSA) is 50.4 Å². The average Bonchev–Trinajstić information content (AvgIpc) is 2.54. The third-order valence-electron chi connectivity index (χ3n) is 3.76. The van der Waals surface area contributed by atoms with Gasteiger partial charge in [-0.1, -0.05) is 23.3 Å². The molecule has 5 heteroatoms. The number of halogens is 1. The number of carbonyl (C=O) groups is 1. The number of amides is 1. The maximum Gasteiger partial charge on any atom is 0.239 e. The molecule has 0 heterocycles. The van der Waals surface area contributed by atoms with Gasteiger partial charge in [0.2, 0.25) is 5.91 Å². The molecule has 1 aliphatic carbocycles. The van der Waals surface area contributed by atoms with E-state index >= 15 is 0 Å². The predicted octanol–water partition coefficient (Wildman–Crippen LogP) is 3.77. The summed E-state index contributed by atoms with van der Waals surface area (Å²) in [6.07, 6.45) is 8.21. The van der Waals surface area contributed by atoms with Gasteiger partial charge in [-0.05, 0) is 50.3 Å². The van der Waals surface area contributed by atoms with Crippen molar-refractivity contribution in [3.8, 4) is 5.75 Å². The second-order valence-electron chi connectivity index (χ2n) is 5.41. The van der Waals surface area contributed by atoms with Crippen LogP contribution in [0.25, 0.3) is 0 Å². The third kappa shape index (κ3) is 5.26. The fourth-order valence-electron chi connectivity index (χ4n) is 2.52. The molecule has 0 atom stereocenters. The SMILES string of the molecule is COc1ccc(NCC(=O)NCCC2=CCCCC2)cc1Cl. The Morgan fingerprint density at radius 2 is 2.23 bits per heavy atom. The number of hydrogen-bond acceptors (Lipinski definition) is 3. The molecule has 22 heavy (non-hydrogen) atoms. The zero-order valence-electron chi connectivity index (χ0n) is 13.0. The Bertz CT molecular complexity index is 543.